The van der Waals surface area contributed by atoms with Gasteiger partial charge in [0.15, 0.2) is 5.79 Å². The third-order valence-corrected chi connectivity index (χ3v) is 5.36. The van der Waals surface area contributed by atoms with E-state index in [1.807, 2.05) is 79.4 Å². The predicted molar refractivity (Wildman–Crippen MR) is 101 cm³/mol. The molecule has 5 nitrogen and oxygen atoms in total. The normalized spacial score (nSPS) is 28.0. The summed E-state index contributed by atoms with van der Waals surface area (Å²) in [6.45, 7) is 4.45. The Bertz CT molecular complexity index is 792. The zero-order valence-electron chi connectivity index (χ0n) is 15.6. The van der Waals surface area contributed by atoms with Gasteiger partial charge in [-0.2, -0.15) is 0 Å². The van der Waals surface area contributed by atoms with Crippen molar-refractivity contribution in [3.8, 4) is 0 Å². The fourth-order valence-corrected chi connectivity index (χ4v) is 4.02. The number of aliphatic hydroxyl groups is 1. The van der Waals surface area contributed by atoms with Crippen molar-refractivity contribution in [2.75, 3.05) is 6.61 Å². The van der Waals surface area contributed by atoms with Crippen LogP contribution in [0.3, 0.4) is 0 Å². The first-order valence-corrected chi connectivity index (χ1v) is 9.35. The van der Waals surface area contributed by atoms with Gasteiger partial charge in [0, 0.05) is 6.54 Å². The standard InChI is InChI=1S/C22H25NO4/c1-22(2)26-14-17(27-22)20(24)18-19(16-11-7-4-8-12-16)23(21(18)25)13-15-9-5-3-6-10-15/h3-12,17-20,24H,13-14H2,1-2H3/t17-,18-,19-,20-/m1/s1. The maximum Gasteiger partial charge on any atom is 0.231 e. The summed E-state index contributed by atoms with van der Waals surface area (Å²) >= 11 is 0. The van der Waals surface area contributed by atoms with E-state index in [0.717, 1.165) is 11.1 Å². The van der Waals surface area contributed by atoms with Crippen molar-refractivity contribution in [1.29, 1.82) is 0 Å². The highest BCUT2D eigenvalue weighted by Gasteiger charge is 2.55. The lowest BCUT2D eigenvalue weighted by Crippen LogP contribution is -2.61. The lowest BCUT2D eigenvalue weighted by Gasteiger charge is -2.50. The van der Waals surface area contributed by atoms with E-state index < -0.39 is 23.9 Å². The highest BCUT2D eigenvalue weighted by atomic mass is 16.7. The van der Waals surface area contributed by atoms with Crippen molar-refractivity contribution in [2.24, 2.45) is 5.92 Å². The quantitative estimate of drug-likeness (QED) is 0.826. The molecule has 2 aromatic rings. The monoisotopic (exact) mass is 367 g/mol. The number of carbonyl (C=O) groups is 1. The second kappa shape index (κ2) is 7.08. The van der Waals surface area contributed by atoms with Gasteiger partial charge in [-0.3, -0.25) is 4.79 Å². The van der Waals surface area contributed by atoms with Gasteiger partial charge in [0.25, 0.3) is 0 Å². The molecule has 27 heavy (non-hydrogen) atoms. The molecule has 0 saturated carbocycles. The lowest BCUT2D eigenvalue weighted by atomic mass is 9.77. The molecule has 2 heterocycles. The van der Waals surface area contributed by atoms with Crippen LogP contribution < -0.4 is 0 Å². The van der Waals surface area contributed by atoms with Gasteiger partial charge in [-0.15, -0.1) is 0 Å². The Labute approximate surface area is 159 Å². The molecular weight excluding hydrogens is 342 g/mol. The van der Waals surface area contributed by atoms with Crippen molar-refractivity contribution in [3.05, 3.63) is 71.8 Å². The summed E-state index contributed by atoms with van der Waals surface area (Å²) in [7, 11) is 0. The molecule has 0 bridgehead atoms. The van der Waals surface area contributed by atoms with Crippen LogP contribution >= 0.6 is 0 Å². The first-order valence-electron chi connectivity index (χ1n) is 9.35. The molecule has 4 rings (SSSR count). The third-order valence-electron chi connectivity index (χ3n) is 5.36. The van der Waals surface area contributed by atoms with E-state index in [9.17, 15) is 9.90 Å². The molecule has 0 spiro atoms. The summed E-state index contributed by atoms with van der Waals surface area (Å²) in [5, 5.41) is 10.9. The molecule has 0 aliphatic carbocycles. The largest absolute Gasteiger partial charge is 0.389 e. The van der Waals surface area contributed by atoms with Crippen LogP contribution in [0.2, 0.25) is 0 Å². The summed E-state index contributed by atoms with van der Waals surface area (Å²) in [6, 6.07) is 19.6. The molecule has 2 aliphatic heterocycles. The number of likely N-dealkylation sites (tertiary alicyclic amines) is 1. The Balaban J connectivity index is 1.58. The smallest absolute Gasteiger partial charge is 0.231 e. The molecule has 2 aliphatic rings. The SMILES string of the molecule is CC1(C)OC[C@H]([C@@H](O)[C@@H]2C(=O)N(Cc3ccccc3)[C@@H]2c2ccccc2)O1. The molecule has 2 saturated heterocycles. The lowest BCUT2D eigenvalue weighted by molar-refractivity contribution is -0.185. The van der Waals surface area contributed by atoms with E-state index in [2.05, 4.69) is 0 Å². The number of rotatable bonds is 5. The fraction of sp³-hybridized carbons (Fsp3) is 0.409. The Morgan fingerprint density at radius 3 is 2.33 bits per heavy atom. The first-order chi connectivity index (χ1) is 13.0. The number of hydrogen-bond donors (Lipinski definition) is 1. The van der Waals surface area contributed by atoms with Gasteiger partial charge in [-0.25, -0.2) is 0 Å². The second-order valence-corrected chi connectivity index (χ2v) is 7.69. The zero-order chi connectivity index (χ0) is 19.0. The van der Waals surface area contributed by atoms with E-state index in [1.54, 1.807) is 0 Å². The Hall–Kier alpha value is -2.21. The van der Waals surface area contributed by atoms with Gasteiger partial charge in [-0.05, 0) is 25.0 Å². The molecule has 142 valence electrons. The van der Waals surface area contributed by atoms with E-state index in [-0.39, 0.29) is 18.6 Å². The van der Waals surface area contributed by atoms with Crippen LogP contribution in [0.25, 0.3) is 0 Å². The number of nitrogens with zero attached hydrogens (tertiary/aromatic N) is 1. The minimum absolute atomic E-state index is 0.0477. The summed E-state index contributed by atoms with van der Waals surface area (Å²) in [6.07, 6.45) is -1.41. The van der Waals surface area contributed by atoms with E-state index in [4.69, 9.17) is 9.47 Å². The number of benzene rings is 2. The maximum atomic E-state index is 13.0. The minimum Gasteiger partial charge on any atom is -0.389 e. The van der Waals surface area contributed by atoms with Crippen LogP contribution in [0.15, 0.2) is 60.7 Å². The van der Waals surface area contributed by atoms with E-state index in [1.165, 1.54) is 0 Å². The van der Waals surface area contributed by atoms with Crippen molar-refractivity contribution in [3.63, 3.8) is 0 Å². The zero-order valence-corrected chi connectivity index (χ0v) is 15.6. The summed E-state index contributed by atoms with van der Waals surface area (Å²) in [4.78, 5) is 14.8. The number of ether oxygens (including phenoxy) is 2. The van der Waals surface area contributed by atoms with Gasteiger partial charge in [0.05, 0.1) is 24.7 Å². The topological polar surface area (TPSA) is 59.0 Å². The fourth-order valence-electron chi connectivity index (χ4n) is 4.02. The van der Waals surface area contributed by atoms with Crippen molar-refractivity contribution < 1.29 is 19.4 Å². The minimum atomic E-state index is -0.906. The summed E-state index contributed by atoms with van der Waals surface area (Å²) in [5.74, 6) is -1.31. The molecule has 0 radical (unpaired) electrons. The molecule has 0 unspecified atom stereocenters. The average molecular weight is 367 g/mol. The molecule has 1 N–H and O–H groups in total. The van der Waals surface area contributed by atoms with Crippen LogP contribution in [-0.2, 0) is 20.8 Å². The van der Waals surface area contributed by atoms with E-state index in [0.29, 0.717) is 6.54 Å². The van der Waals surface area contributed by atoms with Crippen LogP contribution in [0.1, 0.15) is 31.0 Å². The highest BCUT2D eigenvalue weighted by molar-refractivity contribution is 5.87. The predicted octanol–water partition coefficient (Wildman–Crippen LogP) is 2.90. The van der Waals surface area contributed by atoms with Crippen LogP contribution in [0.4, 0.5) is 0 Å². The Morgan fingerprint density at radius 2 is 1.74 bits per heavy atom. The van der Waals surface area contributed by atoms with Gasteiger partial charge < -0.3 is 19.5 Å². The molecule has 1 amide bonds. The summed E-state index contributed by atoms with van der Waals surface area (Å²) < 4.78 is 11.4. The molecule has 2 aromatic carbocycles. The number of aliphatic hydroxyl groups excluding tert-OH is 1. The summed E-state index contributed by atoms with van der Waals surface area (Å²) in [5.41, 5.74) is 2.09. The van der Waals surface area contributed by atoms with Crippen LogP contribution in [-0.4, -0.2) is 40.5 Å². The second-order valence-electron chi connectivity index (χ2n) is 7.69. The molecule has 5 heteroatoms. The van der Waals surface area contributed by atoms with Crippen molar-refractivity contribution in [2.45, 2.75) is 44.4 Å². The third kappa shape index (κ3) is 3.50. The Morgan fingerprint density at radius 1 is 1.11 bits per heavy atom. The van der Waals surface area contributed by atoms with Crippen molar-refractivity contribution >= 4 is 5.91 Å². The number of β-lactam (4-membered cyclic amide) rings is 1. The molecule has 0 aromatic heterocycles. The van der Waals surface area contributed by atoms with Gasteiger partial charge >= 0.3 is 0 Å². The molecule has 4 atom stereocenters. The number of carbonyl (C=O) groups excluding carboxylic acids is 1. The van der Waals surface area contributed by atoms with Crippen LogP contribution in [0, 0.1) is 5.92 Å². The van der Waals surface area contributed by atoms with Crippen LogP contribution in [0.5, 0.6) is 0 Å². The maximum absolute atomic E-state index is 13.0. The van der Waals surface area contributed by atoms with E-state index >= 15 is 0 Å². The van der Waals surface area contributed by atoms with Gasteiger partial charge in [-0.1, -0.05) is 60.7 Å². The molecular formula is C22H25NO4. The van der Waals surface area contributed by atoms with Gasteiger partial charge in [0.2, 0.25) is 5.91 Å². The number of hydrogen-bond acceptors (Lipinski definition) is 4. The average Bonchev–Trinajstić information content (AvgIpc) is 3.05. The molecule has 2 fully saturated rings. The van der Waals surface area contributed by atoms with Crippen molar-refractivity contribution in [1.82, 2.24) is 4.90 Å². The Kier molecular flexibility index (Phi) is 4.76. The van der Waals surface area contributed by atoms with Gasteiger partial charge in [0.1, 0.15) is 6.10 Å². The number of amides is 1. The first kappa shape index (κ1) is 18.2. The highest BCUT2D eigenvalue weighted by Crippen LogP contribution is 2.45.